The molecular formula is C13H9ClF2N2O2. The fourth-order valence-corrected chi connectivity index (χ4v) is 1.73. The number of halogens is 3. The number of rotatable bonds is 3. The van der Waals surface area contributed by atoms with E-state index in [0.717, 1.165) is 24.3 Å². The third-order valence-electron chi connectivity index (χ3n) is 2.44. The van der Waals surface area contributed by atoms with Gasteiger partial charge in [-0.1, -0.05) is 16.8 Å². The molecule has 0 radical (unpaired) electrons. The van der Waals surface area contributed by atoms with E-state index in [1.807, 2.05) is 0 Å². The molecule has 0 amide bonds. The fraction of sp³-hybridized carbons (Fsp3) is 0. The first-order valence-electron chi connectivity index (χ1n) is 5.41. The molecule has 0 aliphatic heterocycles. The Labute approximate surface area is 118 Å². The average molecular weight is 299 g/mol. The SMILES string of the molecule is NC(=NO)c1cc(F)ccc1Oc1ccc(F)cc1Cl. The second-order valence-corrected chi connectivity index (χ2v) is 4.21. The predicted molar refractivity (Wildman–Crippen MR) is 70.4 cm³/mol. The Morgan fingerprint density at radius 1 is 1.10 bits per heavy atom. The van der Waals surface area contributed by atoms with E-state index in [1.54, 1.807) is 0 Å². The van der Waals surface area contributed by atoms with Crippen molar-refractivity contribution in [3.8, 4) is 11.5 Å². The molecule has 0 fully saturated rings. The molecule has 2 aromatic rings. The van der Waals surface area contributed by atoms with Crippen molar-refractivity contribution in [2.75, 3.05) is 0 Å². The Kier molecular flexibility index (Phi) is 4.05. The second-order valence-electron chi connectivity index (χ2n) is 3.80. The Balaban J connectivity index is 2.43. The average Bonchev–Trinajstić information content (AvgIpc) is 2.42. The van der Waals surface area contributed by atoms with Crippen LogP contribution in [0, 0.1) is 11.6 Å². The lowest BCUT2D eigenvalue weighted by Crippen LogP contribution is -2.14. The van der Waals surface area contributed by atoms with Crippen molar-refractivity contribution in [2.24, 2.45) is 10.9 Å². The van der Waals surface area contributed by atoms with Gasteiger partial charge in [-0.15, -0.1) is 0 Å². The second kappa shape index (κ2) is 5.75. The number of benzene rings is 2. The molecule has 2 rings (SSSR count). The highest BCUT2D eigenvalue weighted by Crippen LogP contribution is 2.32. The van der Waals surface area contributed by atoms with Gasteiger partial charge in [-0.25, -0.2) is 8.78 Å². The van der Waals surface area contributed by atoms with Crippen LogP contribution in [-0.4, -0.2) is 11.0 Å². The van der Waals surface area contributed by atoms with Crippen molar-refractivity contribution in [3.63, 3.8) is 0 Å². The zero-order valence-electron chi connectivity index (χ0n) is 9.98. The van der Waals surface area contributed by atoms with Gasteiger partial charge in [0.2, 0.25) is 0 Å². The van der Waals surface area contributed by atoms with Gasteiger partial charge in [0, 0.05) is 0 Å². The van der Waals surface area contributed by atoms with Crippen molar-refractivity contribution in [3.05, 3.63) is 58.6 Å². The number of nitrogens with two attached hydrogens (primary N) is 1. The summed E-state index contributed by atoms with van der Waals surface area (Å²) < 4.78 is 31.6. The molecule has 0 aliphatic carbocycles. The fourth-order valence-electron chi connectivity index (χ4n) is 1.52. The number of nitrogens with zero attached hydrogens (tertiary/aromatic N) is 1. The standard InChI is InChI=1S/C13H9ClF2N2O2/c14-10-6-8(16)2-4-12(10)20-11-3-1-7(15)5-9(11)13(17)18-19/h1-6,19H,(H2,17,18). The highest BCUT2D eigenvalue weighted by atomic mass is 35.5. The van der Waals surface area contributed by atoms with Gasteiger partial charge < -0.3 is 15.7 Å². The minimum Gasteiger partial charge on any atom is -0.455 e. The number of hydrogen-bond donors (Lipinski definition) is 2. The quantitative estimate of drug-likeness (QED) is 0.394. The first-order chi connectivity index (χ1) is 9.51. The van der Waals surface area contributed by atoms with Gasteiger partial charge in [0.05, 0.1) is 10.6 Å². The van der Waals surface area contributed by atoms with E-state index in [-0.39, 0.29) is 27.9 Å². The number of oxime groups is 1. The van der Waals surface area contributed by atoms with Crippen molar-refractivity contribution in [1.82, 2.24) is 0 Å². The van der Waals surface area contributed by atoms with E-state index < -0.39 is 11.6 Å². The lowest BCUT2D eigenvalue weighted by atomic mass is 10.2. The predicted octanol–water partition coefficient (Wildman–Crippen LogP) is 3.51. The molecule has 0 unspecified atom stereocenters. The molecule has 3 N–H and O–H groups in total. The molecule has 2 aromatic carbocycles. The largest absolute Gasteiger partial charge is 0.455 e. The zero-order valence-corrected chi connectivity index (χ0v) is 10.7. The van der Waals surface area contributed by atoms with Crippen molar-refractivity contribution >= 4 is 17.4 Å². The van der Waals surface area contributed by atoms with E-state index in [1.165, 1.54) is 12.1 Å². The van der Waals surface area contributed by atoms with Gasteiger partial charge in [0.15, 0.2) is 5.84 Å². The van der Waals surface area contributed by atoms with Crippen LogP contribution in [0.5, 0.6) is 11.5 Å². The third-order valence-corrected chi connectivity index (χ3v) is 2.73. The Bertz CT molecular complexity index is 677. The molecular weight excluding hydrogens is 290 g/mol. The van der Waals surface area contributed by atoms with Crippen LogP contribution in [0.2, 0.25) is 5.02 Å². The minimum atomic E-state index is -0.579. The normalized spacial score (nSPS) is 11.4. The van der Waals surface area contributed by atoms with E-state index >= 15 is 0 Å². The molecule has 0 heterocycles. The van der Waals surface area contributed by atoms with Crippen LogP contribution < -0.4 is 10.5 Å². The third kappa shape index (κ3) is 2.97. The van der Waals surface area contributed by atoms with Crippen molar-refractivity contribution in [1.29, 1.82) is 0 Å². The summed E-state index contributed by atoms with van der Waals surface area (Å²) in [5.41, 5.74) is 5.49. The summed E-state index contributed by atoms with van der Waals surface area (Å²) in [7, 11) is 0. The molecule has 7 heteroatoms. The van der Waals surface area contributed by atoms with Gasteiger partial charge >= 0.3 is 0 Å². The topological polar surface area (TPSA) is 67.8 Å². The maximum absolute atomic E-state index is 13.2. The molecule has 0 saturated heterocycles. The molecule has 0 aromatic heterocycles. The number of ether oxygens (including phenoxy) is 1. The number of amidine groups is 1. The van der Waals surface area contributed by atoms with Gasteiger partial charge in [0.25, 0.3) is 0 Å². The Hall–Kier alpha value is -2.34. The van der Waals surface area contributed by atoms with E-state index in [0.29, 0.717) is 0 Å². The van der Waals surface area contributed by atoms with Gasteiger partial charge in [-0.05, 0) is 36.4 Å². The molecule has 0 saturated carbocycles. The molecule has 0 atom stereocenters. The van der Waals surface area contributed by atoms with Crippen LogP contribution in [0.3, 0.4) is 0 Å². The zero-order chi connectivity index (χ0) is 14.7. The summed E-state index contributed by atoms with van der Waals surface area (Å²) in [5.74, 6) is -1.14. The summed E-state index contributed by atoms with van der Waals surface area (Å²) in [6, 6.07) is 7.03. The summed E-state index contributed by atoms with van der Waals surface area (Å²) in [6.07, 6.45) is 0. The van der Waals surface area contributed by atoms with E-state index in [2.05, 4.69) is 5.16 Å². The Morgan fingerprint density at radius 2 is 1.70 bits per heavy atom. The minimum absolute atomic E-state index is 0.0415. The van der Waals surface area contributed by atoms with E-state index in [4.69, 9.17) is 27.3 Å². The van der Waals surface area contributed by atoms with E-state index in [9.17, 15) is 8.78 Å². The van der Waals surface area contributed by atoms with Crippen LogP contribution in [0.25, 0.3) is 0 Å². The Morgan fingerprint density at radius 3 is 2.30 bits per heavy atom. The van der Waals surface area contributed by atoms with Gasteiger partial charge in [-0.3, -0.25) is 0 Å². The lowest BCUT2D eigenvalue weighted by Gasteiger charge is -2.11. The maximum atomic E-state index is 13.2. The summed E-state index contributed by atoms with van der Waals surface area (Å²) in [5, 5.41) is 11.5. The van der Waals surface area contributed by atoms with Crippen LogP contribution in [0.15, 0.2) is 41.6 Å². The molecule has 0 spiro atoms. The molecule has 104 valence electrons. The van der Waals surface area contributed by atoms with Crippen LogP contribution >= 0.6 is 11.6 Å². The molecule has 0 aliphatic rings. The van der Waals surface area contributed by atoms with Gasteiger partial charge in [-0.2, -0.15) is 0 Å². The molecule has 0 bridgehead atoms. The van der Waals surface area contributed by atoms with Gasteiger partial charge in [0.1, 0.15) is 23.1 Å². The maximum Gasteiger partial charge on any atom is 0.173 e. The summed E-state index contributed by atoms with van der Waals surface area (Å²) in [4.78, 5) is 0. The molecule has 4 nitrogen and oxygen atoms in total. The monoisotopic (exact) mass is 298 g/mol. The summed E-state index contributed by atoms with van der Waals surface area (Å²) in [6.45, 7) is 0. The molecule has 20 heavy (non-hydrogen) atoms. The first kappa shape index (κ1) is 14.1. The van der Waals surface area contributed by atoms with Crippen LogP contribution in [0.4, 0.5) is 8.78 Å². The summed E-state index contributed by atoms with van der Waals surface area (Å²) >= 11 is 5.83. The first-order valence-corrected chi connectivity index (χ1v) is 5.79. The van der Waals surface area contributed by atoms with Crippen LogP contribution in [-0.2, 0) is 0 Å². The van der Waals surface area contributed by atoms with Crippen molar-refractivity contribution in [2.45, 2.75) is 0 Å². The highest BCUT2D eigenvalue weighted by molar-refractivity contribution is 6.32. The smallest absolute Gasteiger partial charge is 0.173 e. The van der Waals surface area contributed by atoms with Crippen LogP contribution in [0.1, 0.15) is 5.56 Å². The highest BCUT2D eigenvalue weighted by Gasteiger charge is 2.12. The lowest BCUT2D eigenvalue weighted by molar-refractivity contribution is 0.318. The van der Waals surface area contributed by atoms with Crippen molar-refractivity contribution < 1.29 is 18.7 Å². The number of hydrogen-bond acceptors (Lipinski definition) is 3.